The highest BCUT2D eigenvalue weighted by molar-refractivity contribution is 5.96. The average Bonchev–Trinajstić information content (AvgIpc) is 3.07. The number of pyridine rings is 1. The van der Waals surface area contributed by atoms with Crippen LogP contribution < -0.4 is 10.2 Å². The first kappa shape index (κ1) is 23.1. The summed E-state index contributed by atoms with van der Waals surface area (Å²) in [5.74, 6) is -0.0487. The molecule has 1 fully saturated rings. The molecular formula is C27H35N5O. The number of aromatic nitrogens is 2. The van der Waals surface area contributed by atoms with Crippen molar-refractivity contribution in [3.8, 4) is 0 Å². The highest BCUT2D eigenvalue weighted by atomic mass is 16.2. The Hall–Kier alpha value is -3.12. The molecule has 1 amide bonds. The first-order chi connectivity index (χ1) is 16.0. The monoisotopic (exact) mass is 445 g/mol. The van der Waals surface area contributed by atoms with Crippen molar-refractivity contribution in [3.05, 3.63) is 82.4 Å². The average molecular weight is 446 g/mol. The van der Waals surface area contributed by atoms with Gasteiger partial charge in [-0.25, -0.2) is 0 Å². The Morgan fingerprint density at radius 3 is 2.48 bits per heavy atom. The first-order valence-corrected chi connectivity index (χ1v) is 11.9. The van der Waals surface area contributed by atoms with Gasteiger partial charge in [0.15, 0.2) is 0 Å². The molecule has 1 N–H and O–H groups in total. The smallest absolute Gasteiger partial charge is 0.268 e. The summed E-state index contributed by atoms with van der Waals surface area (Å²) >= 11 is 0. The largest absolute Gasteiger partial charge is 0.367 e. The van der Waals surface area contributed by atoms with Gasteiger partial charge in [0.1, 0.15) is 5.69 Å². The van der Waals surface area contributed by atoms with Crippen LogP contribution in [0.4, 0.5) is 5.69 Å². The zero-order chi connectivity index (χ0) is 23.4. The fourth-order valence-electron chi connectivity index (χ4n) is 4.88. The summed E-state index contributed by atoms with van der Waals surface area (Å²) in [7, 11) is 0. The molecule has 0 spiro atoms. The van der Waals surface area contributed by atoms with Gasteiger partial charge in [-0.1, -0.05) is 42.8 Å². The number of carbonyl (C=O) groups is 1. The molecule has 0 saturated carbocycles. The lowest BCUT2D eigenvalue weighted by Gasteiger charge is -2.36. The highest BCUT2D eigenvalue weighted by Gasteiger charge is 2.27. The quantitative estimate of drug-likeness (QED) is 0.599. The number of hydrogen-bond donors (Lipinski definition) is 1. The van der Waals surface area contributed by atoms with Crippen LogP contribution in [0, 0.1) is 20.8 Å². The predicted octanol–water partition coefficient (Wildman–Crippen LogP) is 3.93. The van der Waals surface area contributed by atoms with Crippen molar-refractivity contribution in [1.29, 1.82) is 0 Å². The van der Waals surface area contributed by atoms with Crippen LogP contribution in [0.1, 0.15) is 45.5 Å². The molecule has 3 heterocycles. The van der Waals surface area contributed by atoms with E-state index in [9.17, 15) is 4.79 Å². The van der Waals surface area contributed by atoms with E-state index in [1.807, 2.05) is 18.2 Å². The van der Waals surface area contributed by atoms with E-state index in [-0.39, 0.29) is 5.91 Å². The Balaban J connectivity index is 1.67. The van der Waals surface area contributed by atoms with Crippen LogP contribution in [0.5, 0.6) is 0 Å². The van der Waals surface area contributed by atoms with E-state index in [4.69, 9.17) is 0 Å². The molecule has 174 valence electrons. The van der Waals surface area contributed by atoms with E-state index in [0.717, 1.165) is 55.4 Å². The van der Waals surface area contributed by atoms with Crippen molar-refractivity contribution < 1.29 is 4.79 Å². The minimum atomic E-state index is -0.0487. The van der Waals surface area contributed by atoms with Crippen LogP contribution in [0.25, 0.3) is 0 Å². The van der Waals surface area contributed by atoms with Crippen LogP contribution in [0.15, 0.2) is 48.7 Å². The van der Waals surface area contributed by atoms with Gasteiger partial charge in [-0.3, -0.25) is 9.78 Å². The highest BCUT2D eigenvalue weighted by Crippen LogP contribution is 2.32. The molecule has 1 aliphatic rings. The predicted molar refractivity (Wildman–Crippen MR) is 134 cm³/mol. The first-order valence-electron chi connectivity index (χ1n) is 11.9. The number of benzene rings is 1. The van der Waals surface area contributed by atoms with Crippen LogP contribution >= 0.6 is 0 Å². The second kappa shape index (κ2) is 10.2. The second-order valence-corrected chi connectivity index (χ2v) is 8.91. The maximum absolute atomic E-state index is 13.5. The molecule has 4 rings (SSSR count). The number of anilines is 1. The van der Waals surface area contributed by atoms with Gasteiger partial charge in [-0.2, -0.15) is 0 Å². The van der Waals surface area contributed by atoms with E-state index in [2.05, 4.69) is 76.6 Å². The van der Waals surface area contributed by atoms with Crippen LogP contribution in [0.3, 0.4) is 0 Å². The van der Waals surface area contributed by atoms with Crippen molar-refractivity contribution in [1.82, 2.24) is 19.8 Å². The van der Waals surface area contributed by atoms with Crippen LogP contribution in [-0.4, -0.2) is 53.1 Å². The van der Waals surface area contributed by atoms with Gasteiger partial charge in [0.05, 0.1) is 17.9 Å². The van der Waals surface area contributed by atoms with Gasteiger partial charge in [0, 0.05) is 50.2 Å². The molecule has 0 radical (unpaired) electrons. The zero-order valence-electron chi connectivity index (χ0n) is 20.3. The minimum absolute atomic E-state index is 0.0487. The molecule has 33 heavy (non-hydrogen) atoms. The van der Waals surface area contributed by atoms with Gasteiger partial charge in [0.2, 0.25) is 0 Å². The molecule has 1 aliphatic heterocycles. The molecule has 0 bridgehead atoms. The van der Waals surface area contributed by atoms with Gasteiger partial charge in [-0.15, -0.1) is 0 Å². The number of amides is 1. The Kier molecular flexibility index (Phi) is 7.14. The fourth-order valence-corrected chi connectivity index (χ4v) is 4.88. The zero-order valence-corrected chi connectivity index (χ0v) is 20.3. The Labute approximate surface area is 197 Å². The molecule has 6 heteroatoms. The lowest BCUT2D eigenvalue weighted by atomic mass is 10.1. The molecule has 0 aliphatic carbocycles. The summed E-state index contributed by atoms with van der Waals surface area (Å²) < 4.78 is 2.19. The number of rotatable bonds is 7. The number of piperazine rings is 1. The van der Waals surface area contributed by atoms with Crippen molar-refractivity contribution in [2.75, 3.05) is 37.6 Å². The Morgan fingerprint density at radius 2 is 1.82 bits per heavy atom. The minimum Gasteiger partial charge on any atom is -0.367 e. The van der Waals surface area contributed by atoms with Gasteiger partial charge in [0.25, 0.3) is 5.91 Å². The maximum atomic E-state index is 13.5. The SMILES string of the molecule is CCN1CCN(c2c(C)c(C(=O)NCc3ccccn3)n(Cc3cccc(C)c3)c2C)CC1. The summed E-state index contributed by atoms with van der Waals surface area (Å²) in [5.41, 5.74) is 7.46. The van der Waals surface area contributed by atoms with E-state index < -0.39 is 0 Å². The summed E-state index contributed by atoms with van der Waals surface area (Å²) in [6, 6.07) is 14.3. The molecule has 3 aromatic rings. The number of hydrogen-bond acceptors (Lipinski definition) is 4. The molecule has 0 unspecified atom stereocenters. The van der Waals surface area contributed by atoms with Crippen LogP contribution in [0.2, 0.25) is 0 Å². The maximum Gasteiger partial charge on any atom is 0.268 e. The van der Waals surface area contributed by atoms with E-state index in [1.165, 1.54) is 16.8 Å². The number of nitrogens with zero attached hydrogens (tertiary/aromatic N) is 4. The lowest BCUT2D eigenvalue weighted by molar-refractivity contribution is 0.0940. The summed E-state index contributed by atoms with van der Waals surface area (Å²) in [4.78, 5) is 22.8. The summed E-state index contributed by atoms with van der Waals surface area (Å²) in [6.07, 6.45) is 1.76. The molecule has 1 aromatic carbocycles. The standard InChI is InChI=1S/C27H35N5O/c1-5-30-13-15-31(16-14-30)25-21(3)26(27(33)29-18-24-11-6-7-12-28-24)32(22(25)4)19-23-10-8-9-20(2)17-23/h6-12,17H,5,13-16,18-19H2,1-4H3,(H,29,33). The third kappa shape index (κ3) is 5.11. The van der Waals surface area contributed by atoms with Crippen molar-refractivity contribution in [3.63, 3.8) is 0 Å². The molecular weight excluding hydrogens is 410 g/mol. The topological polar surface area (TPSA) is 53.4 Å². The van der Waals surface area contributed by atoms with E-state index in [0.29, 0.717) is 13.1 Å². The lowest BCUT2D eigenvalue weighted by Crippen LogP contribution is -2.46. The Morgan fingerprint density at radius 1 is 1.03 bits per heavy atom. The van der Waals surface area contributed by atoms with Crippen molar-refractivity contribution in [2.24, 2.45) is 0 Å². The number of carbonyl (C=O) groups excluding carboxylic acids is 1. The van der Waals surface area contributed by atoms with E-state index >= 15 is 0 Å². The van der Waals surface area contributed by atoms with Crippen molar-refractivity contribution >= 4 is 11.6 Å². The third-order valence-electron chi connectivity index (χ3n) is 6.66. The van der Waals surface area contributed by atoms with E-state index in [1.54, 1.807) is 6.20 Å². The van der Waals surface area contributed by atoms with Gasteiger partial charge in [-0.05, 0) is 45.0 Å². The van der Waals surface area contributed by atoms with Crippen LogP contribution in [-0.2, 0) is 13.1 Å². The molecule has 2 aromatic heterocycles. The fraction of sp³-hybridized carbons (Fsp3) is 0.407. The van der Waals surface area contributed by atoms with Crippen molar-refractivity contribution in [2.45, 2.75) is 40.8 Å². The summed E-state index contributed by atoms with van der Waals surface area (Å²) in [6.45, 7) is 14.8. The normalized spacial score (nSPS) is 14.5. The number of likely N-dealkylation sites (N-methyl/N-ethyl adjacent to an activating group) is 1. The summed E-state index contributed by atoms with van der Waals surface area (Å²) in [5, 5.41) is 3.10. The second-order valence-electron chi connectivity index (χ2n) is 8.91. The molecule has 0 atom stereocenters. The number of nitrogens with one attached hydrogen (secondary N) is 1. The number of aryl methyl sites for hydroxylation is 1. The molecule has 6 nitrogen and oxygen atoms in total. The molecule has 1 saturated heterocycles. The van der Waals surface area contributed by atoms with Gasteiger partial charge >= 0.3 is 0 Å². The van der Waals surface area contributed by atoms with Gasteiger partial charge < -0.3 is 19.7 Å². The third-order valence-corrected chi connectivity index (χ3v) is 6.66. The Bertz CT molecular complexity index is 1100.